The van der Waals surface area contributed by atoms with Gasteiger partial charge in [-0.05, 0) is 75.2 Å². The Hall–Kier alpha value is -2.25. The molecule has 3 rings (SSSR count). The van der Waals surface area contributed by atoms with Gasteiger partial charge in [-0.2, -0.15) is 0 Å². The topological polar surface area (TPSA) is 93.1 Å². The fraction of sp³-hybridized carbons (Fsp3) is 0.719. The van der Waals surface area contributed by atoms with Crippen LogP contribution in [0.1, 0.15) is 91.2 Å². The van der Waals surface area contributed by atoms with E-state index in [1.54, 1.807) is 6.92 Å². The lowest BCUT2D eigenvalue weighted by Gasteiger charge is -2.43. The number of carbonyl (C=O) groups excluding carboxylic acids is 3. The normalized spacial score (nSPS) is 27.3. The number of amides is 1. The van der Waals surface area contributed by atoms with E-state index in [4.69, 9.17) is 9.47 Å². The molecule has 6 unspecified atom stereocenters. The molecular formula is C32H49NO6. The van der Waals surface area contributed by atoms with Crippen LogP contribution < -0.4 is 0 Å². The lowest BCUT2D eigenvalue weighted by atomic mass is 9.84. The summed E-state index contributed by atoms with van der Waals surface area (Å²) in [7, 11) is 0. The number of nitrogens with zero attached hydrogens (tertiary/aromatic N) is 1. The Morgan fingerprint density at radius 1 is 1.13 bits per heavy atom. The number of piperidine rings is 1. The van der Waals surface area contributed by atoms with E-state index in [2.05, 4.69) is 32.0 Å². The van der Waals surface area contributed by atoms with Gasteiger partial charge in [0.2, 0.25) is 5.79 Å². The molecule has 0 bridgehead atoms. The monoisotopic (exact) mass is 543 g/mol. The van der Waals surface area contributed by atoms with Crippen molar-refractivity contribution in [3.8, 4) is 0 Å². The van der Waals surface area contributed by atoms with Crippen molar-refractivity contribution in [1.82, 2.24) is 4.90 Å². The summed E-state index contributed by atoms with van der Waals surface area (Å²) in [5.74, 6) is -4.70. The Morgan fingerprint density at radius 2 is 1.85 bits per heavy atom. The molecule has 1 aromatic rings. The summed E-state index contributed by atoms with van der Waals surface area (Å²) < 4.78 is 12.0. The smallest absolute Gasteiger partial charge is 0.329 e. The fourth-order valence-corrected chi connectivity index (χ4v) is 6.09. The Labute approximate surface area is 234 Å². The van der Waals surface area contributed by atoms with Crippen molar-refractivity contribution < 1.29 is 29.0 Å². The molecule has 0 aliphatic carbocycles. The third-order valence-electron chi connectivity index (χ3n) is 8.66. The minimum atomic E-state index is -2.18. The van der Waals surface area contributed by atoms with Crippen molar-refractivity contribution in [3.63, 3.8) is 0 Å². The van der Waals surface area contributed by atoms with E-state index >= 15 is 0 Å². The number of benzene rings is 1. The maximum absolute atomic E-state index is 13.6. The first-order valence-electron chi connectivity index (χ1n) is 14.9. The molecule has 6 atom stereocenters. The van der Waals surface area contributed by atoms with Gasteiger partial charge in [-0.3, -0.25) is 9.59 Å². The molecule has 2 fully saturated rings. The van der Waals surface area contributed by atoms with Crippen LogP contribution in [0.2, 0.25) is 0 Å². The Morgan fingerprint density at radius 3 is 2.46 bits per heavy atom. The van der Waals surface area contributed by atoms with Crippen molar-refractivity contribution >= 4 is 17.7 Å². The molecule has 2 heterocycles. The van der Waals surface area contributed by atoms with Gasteiger partial charge in [-0.15, -0.1) is 0 Å². The number of ketones is 1. The molecule has 1 aromatic carbocycles. The van der Waals surface area contributed by atoms with E-state index in [1.807, 2.05) is 33.8 Å². The first-order valence-corrected chi connectivity index (χ1v) is 14.9. The van der Waals surface area contributed by atoms with Gasteiger partial charge in [0.05, 0.1) is 6.10 Å². The van der Waals surface area contributed by atoms with E-state index in [0.717, 1.165) is 25.7 Å². The summed E-state index contributed by atoms with van der Waals surface area (Å²) in [4.78, 5) is 42.0. The molecule has 0 saturated carbocycles. The quantitative estimate of drug-likeness (QED) is 0.320. The number of carbonyl (C=O) groups is 3. The Kier molecular flexibility index (Phi) is 10.8. The molecule has 0 radical (unpaired) electrons. The second kappa shape index (κ2) is 13.4. The van der Waals surface area contributed by atoms with E-state index in [-0.39, 0.29) is 36.5 Å². The maximum Gasteiger partial charge on any atom is 0.329 e. The molecule has 2 aliphatic heterocycles. The molecule has 2 saturated heterocycles. The highest BCUT2D eigenvalue weighted by Gasteiger charge is 2.53. The van der Waals surface area contributed by atoms with E-state index in [1.165, 1.54) is 16.0 Å². The van der Waals surface area contributed by atoms with Crippen LogP contribution >= 0.6 is 0 Å². The van der Waals surface area contributed by atoms with Crippen LogP contribution in [-0.2, 0) is 30.3 Å². The molecule has 1 amide bonds. The van der Waals surface area contributed by atoms with Crippen molar-refractivity contribution in [2.24, 2.45) is 23.7 Å². The third kappa shape index (κ3) is 7.29. The number of esters is 1. The number of aliphatic hydroxyl groups is 1. The highest BCUT2D eigenvalue weighted by Crippen LogP contribution is 2.36. The summed E-state index contributed by atoms with van der Waals surface area (Å²) in [6.07, 6.45) is 4.18. The Bertz CT molecular complexity index is 1010. The van der Waals surface area contributed by atoms with Gasteiger partial charge in [0.15, 0.2) is 0 Å². The van der Waals surface area contributed by atoms with Crippen LogP contribution in [0.15, 0.2) is 24.3 Å². The van der Waals surface area contributed by atoms with Crippen LogP contribution in [0.3, 0.4) is 0 Å². The van der Waals surface area contributed by atoms with Gasteiger partial charge in [0.1, 0.15) is 12.1 Å². The average molecular weight is 544 g/mol. The van der Waals surface area contributed by atoms with Crippen LogP contribution in [0.4, 0.5) is 0 Å². The fourth-order valence-electron chi connectivity index (χ4n) is 6.09. The van der Waals surface area contributed by atoms with Crippen molar-refractivity contribution in [2.45, 2.75) is 117 Å². The molecule has 1 N–H and O–H groups in total. The number of likely N-dealkylation sites (tertiary alicyclic amines) is 1. The number of aryl methyl sites for hydroxylation is 1. The van der Waals surface area contributed by atoms with E-state index in [0.29, 0.717) is 19.3 Å². The van der Waals surface area contributed by atoms with Gasteiger partial charge in [0.25, 0.3) is 11.7 Å². The van der Waals surface area contributed by atoms with Crippen molar-refractivity contribution in [1.29, 1.82) is 0 Å². The van der Waals surface area contributed by atoms with Gasteiger partial charge in [-0.25, -0.2) is 4.79 Å². The number of Topliss-reactive ketones (excluding diaryl/α,β-unsaturated/α-hetero) is 1. The molecular weight excluding hydrogens is 494 g/mol. The highest BCUT2D eigenvalue weighted by atomic mass is 16.6. The largest absolute Gasteiger partial charge is 0.460 e. The predicted octanol–water partition coefficient (Wildman–Crippen LogP) is 5.24. The zero-order valence-electron chi connectivity index (χ0n) is 24.9. The van der Waals surface area contributed by atoms with Crippen LogP contribution in [0.5, 0.6) is 0 Å². The first-order chi connectivity index (χ1) is 18.4. The van der Waals surface area contributed by atoms with Crippen LogP contribution in [0.25, 0.3) is 0 Å². The second-order valence-corrected chi connectivity index (χ2v) is 12.4. The van der Waals surface area contributed by atoms with Gasteiger partial charge in [-0.1, -0.05) is 71.4 Å². The standard InChI is InChI=1S/C32H49NO6/c1-8-25(19-24-13-11-12-22(6)18-24)28(21(4)5)38-31(36)26-14-9-10-17-33(26)30(35)29(34)32(37)23(7)15-16-27(39-32)20(2)3/h11-13,18,20-21,23,25-28,37H,8-10,14-17,19H2,1-7H3. The SMILES string of the molecule is CCC(Cc1cccc(C)c1)C(OC(=O)C1CCCCN1C(=O)C(=O)C1(O)OC(C(C)C)CCC1C)C(C)C. The van der Waals surface area contributed by atoms with Crippen LogP contribution in [0, 0.1) is 30.6 Å². The minimum absolute atomic E-state index is 0.0863. The number of hydrogen-bond acceptors (Lipinski definition) is 6. The highest BCUT2D eigenvalue weighted by molar-refractivity contribution is 6.39. The molecule has 7 nitrogen and oxygen atoms in total. The van der Waals surface area contributed by atoms with Crippen LogP contribution in [-0.4, -0.2) is 58.2 Å². The first kappa shape index (κ1) is 31.3. The number of ether oxygens (including phenoxy) is 2. The maximum atomic E-state index is 13.6. The third-order valence-corrected chi connectivity index (χ3v) is 8.66. The molecule has 2 aliphatic rings. The second-order valence-electron chi connectivity index (χ2n) is 12.4. The number of hydrogen-bond donors (Lipinski definition) is 1. The van der Waals surface area contributed by atoms with Crippen molar-refractivity contribution in [3.05, 3.63) is 35.4 Å². The lowest BCUT2D eigenvalue weighted by molar-refractivity contribution is -0.269. The Balaban J connectivity index is 1.77. The zero-order valence-corrected chi connectivity index (χ0v) is 24.9. The van der Waals surface area contributed by atoms with E-state index < -0.39 is 35.4 Å². The summed E-state index contributed by atoms with van der Waals surface area (Å²) in [6.45, 7) is 14.2. The zero-order chi connectivity index (χ0) is 28.9. The molecule has 218 valence electrons. The van der Waals surface area contributed by atoms with Crippen molar-refractivity contribution in [2.75, 3.05) is 6.54 Å². The van der Waals surface area contributed by atoms with Gasteiger partial charge >= 0.3 is 5.97 Å². The summed E-state index contributed by atoms with van der Waals surface area (Å²) in [5, 5.41) is 11.3. The molecule has 0 aromatic heterocycles. The lowest BCUT2D eigenvalue weighted by Crippen LogP contribution is -2.61. The summed E-state index contributed by atoms with van der Waals surface area (Å²) in [6, 6.07) is 7.53. The molecule has 7 heteroatoms. The van der Waals surface area contributed by atoms with Gasteiger partial charge < -0.3 is 19.5 Å². The summed E-state index contributed by atoms with van der Waals surface area (Å²) >= 11 is 0. The predicted molar refractivity (Wildman–Crippen MR) is 151 cm³/mol. The number of rotatable bonds is 10. The minimum Gasteiger partial charge on any atom is -0.460 e. The van der Waals surface area contributed by atoms with E-state index in [9.17, 15) is 19.5 Å². The average Bonchev–Trinajstić information content (AvgIpc) is 2.90. The summed E-state index contributed by atoms with van der Waals surface area (Å²) in [5.41, 5.74) is 2.40. The van der Waals surface area contributed by atoms with Gasteiger partial charge in [0, 0.05) is 12.5 Å². The molecule has 39 heavy (non-hydrogen) atoms. The molecule has 0 spiro atoms.